The Balaban J connectivity index is 1.69. The monoisotopic (exact) mass is 376 g/mol. The van der Waals surface area contributed by atoms with Gasteiger partial charge in [0, 0.05) is 30.5 Å². The number of hydrogen-bond donors (Lipinski definition) is 1. The summed E-state index contributed by atoms with van der Waals surface area (Å²) in [6, 6.07) is 1.28. The summed E-state index contributed by atoms with van der Waals surface area (Å²) >= 11 is 0. The maximum Gasteiger partial charge on any atom is 0.433 e. The molecule has 11 heteroatoms. The molecular formula is C15H13F5N4O2. The number of carbonyl (C=O) groups excluding carboxylic acids is 1. The van der Waals surface area contributed by atoms with Gasteiger partial charge in [0.05, 0.1) is 0 Å². The first-order valence-electron chi connectivity index (χ1n) is 7.60. The highest BCUT2D eigenvalue weighted by Crippen LogP contribution is 2.42. The highest BCUT2D eigenvalue weighted by atomic mass is 19.4. The molecule has 1 amide bonds. The second kappa shape index (κ2) is 6.29. The van der Waals surface area contributed by atoms with E-state index < -0.39 is 48.5 Å². The van der Waals surface area contributed by atoms with Gasteiger partial charge in [-0.3, -0.25) is 9.78 Å². The van der Waals surface area contributed by atoms with Crippen molar-refractivity contribution in [1.29, 1.82) is 0 Å². The third-order valence-corrected chi connectivity index (χ3v) is 3.94. The highest BCUT2D eigenvalue weighted by molar-refractivity contribution is 5.80. The zero-order valence-corrected chi connectivity index (χ0v) is 13.3. The van der Waals surface area contributed by atoms with Gasteiger partial charge < -0.3 is 9.84 Å². The van der Waals surface area contributed by atoms with Crippen molar-refractivity contribution in [3.8, 4) is 11.4 Å². The number of nitrogens with one attached hydrogen (secondary N) is 1. The average Bonchev–Trinajstić information content (AvgIpc) is 3.02. The molecule has 0 saturated heterocycles. The maximum atomic E-state index is 12.8. The van der Waals surface area contributed by atoms with Crippen LogP contribution in [0.5, 0.6) is 0 Å². The quantitative estimate of drug-likeness (QED) is 0.828. The molecule has 140 valence electrons. The van der Waals surface area contributed by atoms with Crippen molar-refractivity contribution in [2.45, 2.75) is 37.9 Å². The molecule has 2 heterocycles. The van der Waals surface area contributed by atoms with Crippen LogP contribution >= 0.6 is 0 Å². The van der Waals surface area contributed by atoms with E-state index in [-0.39, 0.29) is 17.3 Å². The molecule has 6 nitrogen and oxygen atoms in total. The Morgan fingerprint density at radius 1 is 1.38 bits per heavy atom. The topological polar surface area (TPSA) is 80.9 Å². The molecule has 0 aromatic carbocycles. The minimum absolute atomic E-state index is 0.0412. The molecule has 0 unspecified atom stereocenters. The summed E-state index contributed by atoms with van der Waals surface area (Å²) < 4.78 is 68.7. The minimum atomic E-state index is -4.62. The fourth-order valence-electron chi connectivity index (χ4n) is 2.49. The number of carbonyl (C=O) groups is 1. The number of amides is 1. The molecule has 1 atom stereocenters. The lowest BCUT2D eigenvalue weighted by Gasteiger charge is -2.34. The molecule has 3 rings (SSSR count). The van der Waals surface area contributed by atoms with Crippen LogP contribution < -0.4 is 5.32 Å². The van der Waals surface area contributed by atoms with E-state index in [4.69, 9.17) is 4.52 Å². The van der Waals surface area contributed by atoms with E-state index in [0.717, 1.165) is 12.3 Å². The van der Waals surface area contributed by atoms with Gasteiger partial charge in [0.15, 0.2) is 0 Å². The molecule has 0 aliphatic heterocycles. The molecule has 0 radical (unpaired) electrons. The van der Waals surface area contributed by atoms with Crippen LogP contribution in [0.3, 0.4) is 0 Å². The van der Waals surface area contributed by atoms with Gasteiger partial charge in [-0.2, -0.15) is 18.2 Å². The third kappa shape index (κ3) is 3.81. The van der Waals surface area contributed by atoms with Crippen LogP contribution in [0.4, 0.5) is 22.0 Å². The lowest BCUT2D eigenvalue weighted by Crippen LogP contribution is -2.45. The second-order valence-electron chi connectivity index (χ2n) is 6.08. The number of rotatable bonds is 4. The van der Waals surface area contributed by atoms with Gasteiger partial charge in [0.25, 0.3) is 0 Å². The predicted octanol–water partition coefficient (Wildman–Crippen LogP) is 3.37. The Kier molecular flexibility index (Phi) is 4.41. The first kappa shape index (κ1) is 18.2. The first-order chi connectivity index (χ1) is 12.0. The molecule has 1 aliphatic carbocycles. The van der Waals surface area contributed by atoms with Crippen LogP contribution in [0.15, 0.2) is 22.9 Å². The molecule has 2 aromatic rings. The summed E-state index contributed by atoms with van der Waals surface area (Å²) in [6.45, 7) is 1.50. The number of hydrogen-bond acceptors (Lipinski definition) is 5. The number of aromatic nitrogens is 3. The Bertz CT molecular complexity index is 812. The standard InChI is InChI=1S/C15H13F5N4O2/c1-7(22-12(25)9-5-14(16,17)6-9)13-23-11(24-26-13)8-2-3-21-10(4-8)15(18,19)20/h2-4,7,9H,5-6H2,1H3,(H,22,25)/t7-/m0/s1. The molecule has 1 aliphatic rings. The summed E-state index contributed by atoms with van der Waals surface area (Å²) in [4.78, 5) is 19.0. The van der Waals surface area contributed by atoms with Gasteiger partial charge in [0.2, 0.25) is 23.5 Å². The fraction of sp³-hybridized carbons (Fsp3) is 0.467. The maximum absolute atomic E-state index is 12.8. The number of alkyl halides is 5. The molecule has 1 fully saturated rings. The number of nitrogens with zero attached hydrogens (tertiary/aromatic N) is 3. The van der Waals surface area contributed by atoms with E-state index in [1.165, 1.54) is 13.0 Å². The molecule has 0 spiro atoms. The van der Waals surface area contributed by atoms with Crippen molar-refractivity contribution >= 4 is 5.91 Å². The molecular weight excluding hydrogens is 363 g/mol. The second-order valence-corrected chi connectivity index (χ2v) is 6.08. The zero-order chi connectivity index (χ0) is 19.1. The van der Waals surface area contributed by atoms with Crippen LogP contribution in [0.2, 0.25) is 0 Å². The smallest absolute Gasteiger partial charge is 0.344 e. The zero-order valence-electron chi connectivity index (χ0n) is 13.3. The Labute approximate surface area is 143 Å². The Hall–Kier alpha value is -2.59. The Morgan fingerprint density at radius 2 is 2.08 bits per heavy atom. The third-order valence-electron chi connectivity index (χ3n) is 3.94. The normalized spacial score (nSPS) is 18.2. The summed E-state index contributed by atoms with van der Waals surface area (Å²) in [7, 11) is 0. The van der Waals surface area contributed by atoms with Crippen LogP contribution in [-0.2, 0) is 11.0 Å². The minimum Gasteiger partial charge on any atom is -0.344 e. The van der Waals surface area contributed by atoms with E-state index >= 15 is 0 Å². The highest BCUT2D eigenvalue weighted by Gasteiger charge is 2.49. The van der Waals surface area contributed by atoms with Crippen LogP contribution in [0.1, 0.15) is 37.4 Å². The lowest BCUT2D eigenvalue weighted by atomic mass is 9.80. The van der Waals surface area contributed by atoms with Gasteiger partial charge >= 0.3 is 6.18 Å². The van der Waals surface area contributed by atoms with E-state index in [0.29, 0.717) is 0 Å². The van der Waals surface area contributed by atoms with Crippen molar-refractivity contribution in [2.24, 2.45) is 5.92 Å². The molecule has 26 heavy (non-hydrogen) atoms. The fourth-order valence-corrected chi connectivity index (χ4v) is 2.49. The number of halogens is 5. The first-order valence-corrected chi connectivity index (χ1v) is 7.60. The summed E-state index contributed by atoms with van der Waals surface area (Å²) in [5, 5.41) is 6.06. The summed E-state index contributed by atoms with van der Waals surface area (Å²) in [6.07, 6.45) is -4.68. The van der Waals surface area contributed by atoms with Crippen molar-refractivity contribution < 1.29 is 31.3 Å². The van der Waals surface area contributed by atoms with Gasteiger partial charge in [-0.1, -0.05) is 5.16 Å². The van der Waals surface area contributed by atoms with Crippen molar-refractivity contribution in [1.82, 2.24) is 20.4 Å². The van der Waals surface area contributed by atoms with E-state index in [1.54, 1.807) is 0 Å². The van der Waals surface area contributed by atoms with E-state index in [1.807, 2.05) is 0 Å². The SMILES string of the molecule is C[C@H](NC(=O)C1CC(F)(F)C1)c1nc(-c2ccnc(C(F)(F)F)c2)no1. The predicted molar refractivity (Wildman–Crippen MR) is 76.8 cm³/mol. The van der Waals surface area contributed by atoms with Crippen LogP contribution in [0.25, 0.3) is 11.4 Å². The van der Waals surface area contributed by atoms with E-state index in [2.05, 4.69) is 20.4 Å². The average molecular weight is 376 g/mol. The summed E-state index contributed by atoms with van der Waals surface area (Å²) in [5.74, 6) is -4.33. The summed E-state index contributed by atoms with van der Waals surface area (Å²) in [5.41, 5.74) is -1.06. The van der Waals surface area contributed by atoms with Gasteiger partial charge in [-0.05, 0) is 19.1 Å². The van der Waals surface area contributed by atoms with Gasteiger partial charge in [-0.15, -0.1) is 0 Å². The Morgan fingerprint density at radius 3 is 2.69 bits per heavy atom. The number of pyridine rings is 1. The van der Waals surface area contributed by atoms with E-state index in [9.17, 15) is 26.7 Å². The van der Waals surface area contributed by atoms with Crippen molar-refractivity contribution in [3.63, 3.8) is 0 Å². The molecule has 1 N–H and O–H groups in total. The largest absolute Gasteiger partial charge is 0.433 e. The van der Waals surface area contributed by atoms with Crippen LogP contribution in [-0.4, -0.2) is 27.0 Å². The molecule has 1 saturated carbocycles. The molecule has 0 bridgehead atoms. The van der Waals surface area contributed by atoms with Crippen molar-refractivity contribution in [3.05, 3.63) is 29.9 Å². The van der Waals surface area contributed by atoms with Crippen LogP contribution in [0, 0.1) is 5.92 Å². The van der Waals surface area contributed by atoms with Crippen molar-refractivity contribution in [2.75, 3.05) is 0 Å². The van der Waals surface area contributed by atoms with Gasteiger partial charge in [-0.25, -0.2) is 8.78 Å². The molecule has 2 aromatic heterocycles. The van der Waals surface area contributed by atoms with Gasteiger partial charge in [0.1, 0.15) is 11.7 Å². The lowest BCUT2D eigenvalue weighted by molar-refractivity contribution is -0.150.